The lowest BCUT2D eigenvalue weighted by Crippen LogP contribution is -2.57. The van der Waals surface area contributed by atoms with Crippen LogP contribution in [0.2, 0.25) is 5.02 Å². The van der Waals surface area contributed by atoms with Crippen molar-refractivity contribution in [3.05, 3.63) is 29.3 Å². The molecule has 170 valence electrons. The molecule has 1 aromatic heterocycles. The maximum absolute atomic E-state index is 13.4. The predicted octanol–water partition coefficient (Wildman–Crippen LogP) is 4.04. The predicted molar refractivity (Wildman–Crippen MR) is 126 cm³/mol. The molecule has 1 amide bonds. The first-order valence-corrected chi connectivity index (χ1v) is 13.5. The molecule has 4 rings (SSSR count). The van der Waals surface area contributed by atoms with Crippen LogP contribution in [0.3, 0.4) is 0 Å². The number of halogens is 1. The Morgan fingerprint density at radius 3 is 2.52 bits per heavy atom. The standard InChI is InChI=1S/C22H30ClN3O3S2/c1-15(2)25-11-8-18(9-12-25)26-10-4-5-19(22(26)27)24(3)31(28,29)21-13-16-6-7-17(23)14-20(16)30-21/h6-7,13-15,18-19H,4-5,8-12H2,1-3H3. The summed E-state index contributed by atoms with van der Waals surface area (Å²) in [6.45, 7) is 7.08. The van der Waals surface area contributed by atoms with Crippen molar-refractivity contribution in [2.75, 3.05) is 26.7 Å². The van der Waals surface area contributed by atoms with Crippen LogP contribution in [-0.4, -0.2) is 73.2 Å². The van der Waals surface area contributed by atoms with Crippen LogP contribution in [0.5, 0.6) is 0 Å². The first-order valence-electron chi connectivity index (χ1n) is 10.9. The van der Waals surface area contributed by atoms with Gasteiger partial charge in [0.2, 0.25) is 5.91 Å². The molecule has 0 N–H and O–H groups in total. The van der Waals surface area contributed by atoms with E-state index in [0.29, 0.717) is 17.5 Å². The molecule has 9 heteroatoms. The molecule has 0 aliphatic carbocycles. The highest BCUT2D eigenvalue weighted by Crippen LogP contribution is 2.34. The highest BCUT2D eigenvalue weighted by atomic mass is 35.5. The average molecular weight is 484 g/mol. The molecule has 0 radical (unpaired) electrons. The number of likely N-dealkylation sites (N-methyl/N-ethyl adjacent to an activating group) is 1. The fourth-order valence-electron chi connectivity index (χ4n) is 4.71. The smallest absolute Gasteiger partial charge is 0.253 e. The van der Waals surface area contributed by atoms with Gasteiger partial charge in [0, 0.05) is 48.5 Å². The number of carbonyl (C=O) groups is 1. The summed E-state index contributed by atoms with van der Waals surface area (Å²) in [4.78, 5) is 17.8. The largest absolute Gasteiger partial charge is 0.338 e. The van der Waals surface area contributed by atoms with Gasteiger partial charge in [0.05, 0.1) is 0 Å². The lowest BCUT2D eigenvalue weighted by molar-refractivity contribution is -0.141. The van der Waals surface area contributed by atoms with Gasteiger partial charge in [-0.3, -0.25) is 4.79 Å². The second kappa shape index (κ2) is 8.98. The molecule has 0 bridgehead atoms. The van der Waals surface area contributed by atoms with Crippen LogP contribution in [0, 0.1) is 0 Å². The number of sulfonamides is 1. The second-order valence-electron chi connectivity index (χ2n) is 8.82. The third-order valence-electron chi connectivity index (χ3n) is 6.65. The van der Waals surface area contributed by atoms with Gasteiger partial charge in [0.1, 0.15) is 10.3 Å². The molecule has 6 nitrogen and oxygen atoms in total. The van der Waals surface area contributed by atoms with Crippen molar-refractivity contribution in [2.24, 2.45) is 0 Å². The van der Waals surface area contributed by atoms with Crippen LogP contribution >= 0.6 is 22.9 Å². The molecule has 3 heterocycles. The Morgan fingerprint density at radius 2 is 1.84 bits per heavy atom. The zero-order chi connectivity index (χ0) is 22.3. The number of benzene rings is 1. The number of likely N-dealkylation sites (tertiary alicyclic amines) is 2. The highest BCUT2D eigenvalue weighted by Gasteiger charge is 2.41. The number of nitrogens with zero attached hydrogens (tertiary/aromatic N) is 3. The molecule has 2 saturated heterocycles. The maximum Gasteiger partial charge on any atom is 0.253 e. The molecule has 1 aromatic carbocycles. The quantitative estimate of drug-likeness (QED) is 0.644. The molecule has 2 aromatic rings. The van der Waals surface area contributed by atoms with Crippen LogP contribution in [0.1, 0.15) is 39.5 Å². The highest BCUT2D eigenvalue weighted by molar-refractivity contribution is 7.91. The number of piperidine rings is 2. The number of fused-ring (bicyclic) bond motifs is 1. The van der Waals surface area contributed by atoms with Gasteiger partial charge in [-0.25, -0.2) is 8.42 Å². The van der Waals surface area contributed by atoms with E-state index in [1.807, 2.05) is 11.0 Å². The van der Waals surface area contributed by atoms with E-state index in [-0.39, 0.29) is 16.2 Å². The van der Waals surface area contributed by atoms with Gasteiger partial charge in [0.25, 0.3) is 10.0 Å². The van der Waals surface area contributed by atoms with Crippen LogP contribution in [-0.2, 0) is 14.8 Å². The van der Waals surface area contributed by atoms with Gasteiger partial charge in [-0.1, -0.05) is 17.7 Å². The lowest BCUT2D eigenvalue weighted by atomic mass is 9.97. The van der Waals surface area contributed by atoms with E-state index in [4.69, 9.17) is 11.6 Å². The second-order valence-corrected chi connectivity index (χ2v) is 12.6. The average Bonchev–Trinajstić information content (AvgIpc) is 3.17. The van der Waals surface area contributed by atoms with Gasteiger partial charge >= 0.3 is 0 Å². The van der Waals surface area contributed by atoms with Crippen molar-refractivity contribution in [1.29, 1.82) is 0 Å². The van der Waals surface area contributed by atoms with Crippen molar-refractivity contribution >= 4 is 49.0 Å². The van der Waals surface area contributed by atoms with Crippen LogP contribution in [0.15, 0.2) is 28.5 Å². The van der Waals surface area contributed by atoms with Crippen molar-refractivity contribution in [1.82, 2.24) is 14.1 Å². The summed E-state index contributed by atoms with van der Waals surface area (Å²) in [5.41, 5.74) is 0. The van der Waals surface area contributed by atoms with E-state index in [1.54, 1.807) is 25.2 Å². The normalized spacial score (nSPS) is 22.2. The SMILES string of the molecule is CC(C)N1CCC(N2CCCC(N(C)S(=O)(=O)c3cc4ccc(Cl)cc4s3)C2=O)CC1. The van der Waals surface area contributed by atoms with Crippen molar-refractivity contribution in [2.45, 2.75) is 61.9 Å². The molecule has 2 aliphatic rings. The summed E-state index contributed by atoms with van der Waals surface area (Å²) in [6.07, 6.45) is 3.28. The number of rotatable bonds is 5. The number of hydrogen-bond donors (Lipinski definition) is 0. The van der Waals surface area contributed by atoms with Gasteiger partial charge in [-0.2, -0.15) is 4.31 Å². The molecule has 1 unspecified atom stereocenters. The van der Waals surface area contributed by atoms with Crippen molar-refractivity contribution < 1.29 is 13.2 Å². The van der Waals surface area contributed by atoms with E-state index in [1.165, 1.54) is 15.6 Å². The minimum Gasteiger partial charge on any atom is -0.338 e. The van der Waals surface area contributed by atoms with Crippen molar-refractivity contribution in [3.63, 3.8) is 0 Å². The van der Waals surface area contributed by atoms with E-state index in [2.05, 4.69) is 18.7 Å². The van der Waals surface area contributed by atoms with Gasteiger partial charge in [0.15, 0.2) is 0 Å². The first-order chi connectivity index (χ1) is 14.7. The summed E-state index contributed by atoms with van der Waals surface area (Å²) in [5.74, 6) is -0.0514. The fraction of sp³-hybridized carbons (Fsp3) is 0.591. The van der Waals surface area contributed by atoms with Crippen LogP contribution in [0.4, 0.5) is 0 Å². The van der Waals surface area contributed by atoms with Gasteiger partial charge in [-0.05, 0) is 63.1 Å². The number of hydrogen-bond acceptors (Lipinski definition) is 5. The van der Waals surface area contributed by atoms with E-state index in [9.17, 15) is 13.2 Å². The Kier molecular flexibility index (Phi) is 6.66. The molecular weight excluding hydrogens is 454 g/mol. The van der Waals surface area contributed by atoms with E-state index >= 15 is 0 Å². The Morgan fingerprint density at radius 1 is 1.13 bits per heavy atom. The molecule has 0 spiro atoms. The first kappa shape index (κ1) is 23.0. The summed E-state index contributed by atoms with van der Waals surface area (Å²) in [5, 5.41) is 1.42. The maximum atomic E-state index is 13.4. The molecule has 31 heavy (non-hydrogen) atoms. The Balaban J connectivity index is 1.51. The molecule has 2 aliphatic heterocycles. The molecule has 0 saturated carbocycles. The Bertz CT molecular complexity index is 1060. The number of carbonyl (C=O) groups excluding carboxylic acids is 1. The van der Waals surface area contributed by atoms with Crippen molar-refractivity contribution in [3.8, 4) is 0 Å². The third kappa shape index (κ3) is 4.50. The summed E-state index contributed by atoms with van der Waals surface area (Å²) >= 11 is 7.25. The van der Waals surface area contributed by atoms with Crippen LogP contribution in [0.25, 0.3) is 10.1 Å². The zero-order valence-corrected chi connectivity index (χ0v) is 20.6. The topological polar surface area (TPSA) is 60.9 Å². The van der Waals surface area contributed by atoms with E-state index in [0.717, 1.165) is 49.0 Å². The molecular formula is C22H30ClN3O3S2. The monoisotopic (exact) mass is 483 g/mol. The van der Waals surface area contributed by atoms with Gasteiger partial charge in [-0.15, -0.1) is 11.3 Å². The van der Waals surface area contributed by atoms with Gasteiger partial charge < -0.3 is 9.80 Å². The lowest BCUT2D eigenvalue weighted by Gasteiger charge is -2.44. The minimum atomic E-state index is -3.77. The summed E-state index contributed by atoms with van der Waals surface area (Å²) in [6, 6.07) is 7.10. The fourth-order valence-corrected chi connectivity index (χ4v) is 7.91. The summed E-state index contributed by atoms with van der Waals surface area (Å²) in [7, 11) is -2.23. The number of thiophene rings is 1. The molecule has 1 atom stereocenters. The van der Waals surface area contributed by atoms with E-state index < -0.39 is 16.1 Å². The summed E-state index contributed by atoms with van der Waals surface area (Å²) < 4.78 is 29.1. The van der Waals surface area contributed by atoms with Crippen LogP contribution < -0.4 is 0 Å². The number of amides is 1. The Hall–Kier alpha value is -1.19. The minimum absolute atomic E-state index is 0.0514. The Labute approximate surface area is 193 Å². The molecule has 2 fully saturated rings. The zero-order valence-electron chi connectivity index (χ0n) is 18.3. The third-order valence-corrected chi connectivity index (χ3v) is 10.3.